The van der Waals surface area contributed by atoms with Gasteiger partial charge in [0.05, 0.1) is 6.61 Å². The van der Waals surface area contributed by atoms with Crippen molar-refractivity contribution in [2.75, 3.05) is 26.3 Å². The number of carbonyl (C=O) groups is 1. The highest BCUT2D eigenvalue weighted by Crippen LogP contribution is 1.90. The van der Waals surface area contributed by atoms with Gasteiger partial charge in [-0.1, -0.05) is 20.8 Å². The van der Waals surface area contributed by atoms with Crippen LogP contribution in [0, 0.1) is 5.92 Å². The molecule has 0 rings (SSSR count). The van der Waals surface area contributed by atoms with Crippen LogP contribution >= 0.6 is 0 Å². The van der Waals surface area contributed by atoms with E-state index < -0.39 is 0 Å². The molecule has 0 saturated carbocycles. The minimum atomic E-state index is -0.111. The Balaban J connectivity index is 3.15. The lowest BCUT2D eigenvalue weighted by atomic mass is 10.2. The van der Waals surface area contributed by atoms with Gasteiger partial charge in [-0.25, -0.2) is 4.79 Å². The van der Waals surface area contributed by atoms with Gasteiger partial charge in [0, 0.05) is 19.7 Å². The summed E-state index contributed by atoms with van der Waals surface area (Å²) in [6.07, 6.45) is 0.956. The zero-order valence-corrected chi connectivity index (χ0v) is 9.43. The Morgan fingerprint density at radius 3 is 2.50 bits per heavy atom. The van der Waals surface area contributed by atoms with Crippen molar-refractivity contribution in [1.82, 2.24) is 10.6 Å². The maximum atomic E-state index is 11.0. The summed E-state index contributed by atoms with van der Waals surface area (Å²) in [6, 6.07) is -0.111. The van der Waals surface area contributed by atoms with E-state index in [-0.39, 0.29) is 6.03 Å². The van der Waals surface area contributed by atoms with Gasteiger partial charge in [-0.2, -0.15) is 0 Å². The Bertz CT molecular complexity index is 149. The third-order valence-corrected chi connectivity index (χ3v) is 1.52. The second-order valence-electron chi connectivity index (χ2n) is 3.65. The van der Waals surface area contributed by atoms with Gasteiger partial charge >= 0.3 is 6.03 Å². The van der Waals surface area contributed by atoms with Crippen molar-refractivity contribution in [2.24, 2.45) is 5.92 Å². The van der Waals surface area contributed by atoms with E-state index in [4.69, 9.17) is 4.74 Å². The first-order valence-corrected chi connectivity index (χ1v) is 5.26. The second kappa shape index (κ2) is 8.81. The highest BCUT2D eigenvalue weighted by molar-refractivity contribution is 5.73. The van der Waals surface area contributed by atoms with Crippen LogP contribution < -0.4 is 10.6 Å². The molecule has 0 heterocycles. The molecule has 84 valence electrons. The van der Waals surface area contributed by atoms with Crippen molar-refractivity contribution < 1.29 is 9.53 Å². The van der Waals surface area contributed by atoms with Gasteiger partial charge in [0.15, 0.2) is 0 Å². The van der Waals surface area contributed by atoms with Crippen LogP contribution in [0.2, 0.25) is 0 Å². The number of nitrogens with one attached hydrogen (secondary N) is 2. The van der Waals surface area contributed by atoms with Crippen molar-refractivity contribution in [3.8, 4) is 0 Å². The van der Waals surface area contributed by atoms with Crippen LogP contribution in [0.1, 0.15) is 27.2 Å². The summed E-state index contributed by atoms with van der Waals surface area (Å²) in [5.74, 6) is 0.545. The lowest BCUT2D eigenvalue weighted by Crippen LogP contribution is -2.37. The molecular formula is C10H22N2O2. The molecule has 0 atom stereocenters. The molecule has 0 bridgehead atoms. The normalized spacial score (nSPS) is 10.3. The SMILES string of the molecule is CCCNC(=O)NCCOCC(C)C. The van der Waals surface area contributed by atoms with Gasteiger partial charge in [0.25, 0.3) is 0 Å². The van der Waals surface area contributed by atoms with E-state index >= 15 is 0 Å². The molecule has 0 aliphatic carbocycles. The van der Waals surface area contributed by atoms with Crippen molar-refractivity contribution in [2.45, 2.75) is 27.2 Å². The smallest absolute Gasteiger partial charge is 0.314 e. The van der Waals surface area contributed by atoms with E-state index in [0.717, 1.165) is 19.6 Å². The standard InChI is InChI=1S/C10H22N2O2/c1-4-5-11-10(13)12-6-7-14-8-9(2)3/h9H,4-8H2,1-3H3,(H2,11,12,13). The molecule has 4 heteroatoms. The van der Waals surface area contributed by atoms with Crippen LogP contribution in [-0.4, -0.2) is 32.3 Å². The first-order valence-electron chi connectivity index (χ1n) is 5.26. The molecule has 0 spiro atoms. The molecular weight excluding hydrogens is 180 g/mol. The van der Waals surface area contributed by atoms with E-state index in [9.17, 15) is 4.79 Å². The predicted molar refractivity (Wildman–Crippen MR) is 57.3 cm³/mol. The van der Waals surface area contributed by atoms with E-state index in [1.165, 1.54) is 0 Å². The first-order chi connectivity index (χ1) is 6.66. The zero-order valence-electron chi connectivity index (χ0n) is 9.43. The molecule has 0 aliphatic heterocycles. The van der Waals surface area contributed by atoms with Crippen LogP contribution in [0.5, 0.6) is 0 Å². The Morgan fingerprint density at radius 1 is 1.29 bits per heavy atom. The third-order valence-electron chi connectivity index (χ3n) is 1.52. The highest BCUT2D eigenvalue weighted by atomic mass is 16.5. The molecule has 4 nitrogen and oxygen atoms in total. The van der Waals surface area contributed by atoms with Gasteiger partial charge in [-0.3, -0.25) is 0 Å². The first kappa shape index (κ1) is 13.2. The Labute approximate surface area is 86.4 Å². The van der Waals surface area contributed by atoms with Gasteiger partial charge in [-0.15, -0.1) is 0 Å². The average Bonchev–Trinajstić information content (AvgIpc) is 2.13. The topological polar surface area (TPSA) is 50.4 Å². The van der Waals surface area contributed by atoms with Crippen LogP contribution in [-0.2, 0) is 4.74 Å². The van der Waals surface area contributed by atoms with Crippen LogP contribution in [0.4, 0.5) is 4.79 Å². The van der Waals surface area contributed by atoms with E-state index in [0.29, 0.717) is 19.1 Å². The van der Waals surface area contributed by atoms with Gasteiger partial charge < -0.3 is 15.4 Å². The van der Waals surface area contributed by atoms with Crippen molar-refractivity contribution in [3.63, 3.8) is 0 Å². The molecule has 0 aromatic heterocycles. The number of carbonyl (C=O) groups excluding carboxylic acids is 1. The molecule has 0 aromatic rings. The third kappa shape index (κ3) is 9.32. The fourth-order valence-corrected chi connectivity index (χ4v) is 0.857. The Kier molecular flexibility index (Phi) is 8.33. The maximum absolute atomic E-state index is 11.0. The van der Waals surface area contributed by atoms with Gasteiger partial charge in [0.2, 0.25) is 0 Å². The molecule has 2 N–H and O–H groups in total. The Morgan fingerprint density at radius 2 is 1.93 bits per heavy atom. The fraction of sp³-hybridized carbons (Fsp3) is 0.900. The van der Waals surface area contributed by atoms with E-state index in [2.05, 4.69) is 24.5 Å². The molecule has 0 aromatic carbocycles. The average molecular weight is 202 g/mol. The summed E-state index contributed by atoms with van der Waals surface area (Å²) < 4.78 is 5.31. The predicted octanol–water partition coefficient (Wildman–Crippen LogP) is 1.37. The molecule has 14 heavy (non-hydrogen) atoms. The van der Waals surface area contributed by atoms with E-state index in [1.807, 2.05) is 6.92 Å². The molecule has 0 unspecified atom stereocenters. The summed E-state index contributed by atoms with van der Waals surface area (Å²) in [5.41, 5.74) is 0. The maximum Gasteiger partial charge on any atom is 0.314 e. The number of hydrogen-bond acceptors (Lipinski definition) is 2. The monoisotopic (exact) mass is 202 g/mol. The number of ether oxygens (including phenoxy) is 1. The van der Waals surface area contributed by atoms with Crippen molar-refractivity contribution in [1.29, 1.82) is 0 Å². The van der Waals surface area contributed by atoms with Crippen LogP contribution in [0.25, 0.3) is 0 Å². The summed E-state index contributed by atoms with van der Waals surface area (Å²) in [5, 5.41) is 5.44. The molecule has 0 saturated heterocycles. The lowest BCUT2D eigenvalue weighted by Gasteiger charge is -2.08. The van der Waals surface area contributed by atoms with Crippen LogP contribution in [0.15, 0.2) is 0 Å². The van der Waals surface area contributed by atoms with Crippen molar-refractivity contribution >= 4 is 6.03 Å². The lowest BCUT2D eigenvalue weighted by molar-refractivity contribution is 0.112. The minimum absolute atomic E-state index is 0.111. The molecule has 0 fully saturated rings. The Hall–Kier alpha value is -0.770. The number of amides is 2. The quantitative estimate of drug-likeness (QED) is 0.613. The van der Waals surface area contributed by atoms with Crippen LogP contribution in [0.3, 0.4) is 0 Å². The zero-order chi connectivity index (χ0) is 10.8. The number of hydrogen-bond donors (Lipinski definition) is 2. The second-order valence-corrected chi connectivity index (χ2v) is 3.65. The van der Waals surface area contributed by atoms with Gasteiger partial charge in [-0.05, 0) is 12.3 Å². The number of rotatable bonds is 7. The van der Waals surface area contributed by atoms with E-state index in [1.54, 1.807) is 0 Å². The summed E-state index contributed by atoms with van der Waals surface area (Å²) >= 11 is 0. The number of urea groups is 1. The molecule has 0 aliphatic rings. The summed E-state index contributed by atoms with van der Waals surface area (Å²) in [7, 11) is 0. The summed E-state index contributed by atoms with van der Waals surface area (Å²) in [4.78, 5) is 11.0. The molecule has 2 amide bonds. The fourth-order valence-electron chi connectivity index (χ4n) is 0.857. The largest absolute Gasteiger partial charge is 0.379 e. The van der Waals surface area contributed by atoms with Gasteiger partial charge in [0.1, 0.15) is 0 Å². The minimum Gasteiger partial charge on any atom is -0.379 e. The summed E-state index contributed by atoms with van der Waals surface area (Å²) in [6.45, 7) is 8.84. The highest BCUT2D eigenvalue weighted by Gasteiger charge is 1.97. The van der Waals surface area contributed by atoms with Crippen molar-refractivity contribution in [3.05, 3.63) is 0 Å². The molecule has 0 radical (unpaired) electrons.